The number of benzene rings is 3. The summed E-state index contributed by atoms with van der Waals surface area (Å²) in [5, 5.41) is 7.76. The summed E-state index contributed by atoms with van der Waals surface area (Å²) in [6, 6.07) is 18.8. The number of amides is 3. The van der Waals surface area contributed by atoms with Gasteiger partial charge in [-0.05, 0) is 78.1 Å². The molecule has 0 radical (unpaired) electrons. The minimum atomic E-state index is -4.75. The molecule has 0 bridgehead atoms. The van der Waals surface area contributed by atoms with Gasteiger partial charge in [-0.3, -0.25) is 9.69 Å². The summed E-state index contributed by atoms with van der Waals surface area (Å²) in [6.07, 6.45) is -2.33. The largest absolute Gasteiger partial charge is 0.573 e. The maximum Gasteiger partial charge on any atom is 0.573 e. The van der Waals surface area contributed by atoms with Gasteiger partial charge in [0, 0.05) is 12.1 Å². The highest BCUT2D eigenvalue weighted by Gasteiger charge is 2.38. The van der Waals surface area contributed by atoms with Crippen LogP contribution in [-0.4, -0.2) is 50.5 Å². The van der Waals surface area contributed by atoms with E-state index in [4.69, 9.17) is 0 Å². The van der Waals surface area contributed by atoms with E-state index in [-0.39, 0.29) is 29.2 Å². The number of nitrogens with zero attached hydrogens (tertiary/aromatic N) is 5. The zero-order valence-electron chi connectivity index (χ0n) is 25.3. The summed E-state index contributed by atoms with van der Waals surface area (Å²) in [4.78, 5) is 35.8. The average Bonchev–Trinajstić information content (AvgIpc) is 3.45. The second-order valence-electron chi connectivity index (χ2n) is 11.6. The Hall–Kier alpha value is -4.65. The molecule has 1 aliphatic heterocycles. The van der Waals surface area contributed by atoms with E-state index in [2.05, 4.69) is 39.0 Å². The molecule has 13 heteroatoms. The van der Waals surface area contributed by atoms with Crippen molar-refractivity contribution in [3.63, 3.8) is 0 Å². The minimum absolute atomic E-state index is 0.0923. The highest BCUT2D eigenvalue weighted by atomic mass is 32.2. The number of hydrogen-bond acceptors (Lipinski definition) is 6. The molecule has 2 aliphatic rings. The number of carbonyl (C=O) groups is 2. The lowest BCUT2D eigenvalue weighted by molar-refractivity contribution is -0.274. The smallest absolute Gasteiger partial charge is 0.406 e. The van der Waals surface area contributed by atoms with Crippen LogP contribution in [0.1, 0.15) is 48.8 Å². The van der Waals surface area contributed by atoms with Crippen molar-refractivity contribution >= 4 is 34.6 Å². The van der Waals surface area contributed by atoms with E-state index in [1.807, 2.05) is 49.4 Å². The van der Waals surface area contributed by atoms with Crippen LogP contribution in [0.25, 0.3) is 17.1 Å². The number of anilines is 1. The highest BCUT2D eigenvalue weighted by Crippen LogP contribution is 2.47. The molecule has 2 unspecified atom stereocenters. The lowest BCUT2D eigenvalue weighted by Crippen LogP contribution is -2.32. The van der Waals surface area contributed by atoms with E-state index in [1.165, 1.54) is 47.0 Å². The predicted octanol–water partition coefficient (Wildman–Crippen LogP) is 7.21. The van der Waals surface area contributed by atoms with E-state index in [1.54, 1.807) is 4.90 Å². The van der Waals surface area contributed by atoms with Crippen molar-refractivity contribution in [2.75, 3.05) is 17.2 Å². The van der Waals surface area contributed by atoms with Gasteiger partial charge >= 0.3 is 12.4 Å². The number of aliphatic imine (C=N–C) groups is 1. The van der Waals surface area contributed by atoms with E-state index in [0.717, 1.165) is 34.4 Å². The Morgan fingerprint density at radius 2 is 1.85 bits per heavy atom. The van der Waals surface area contributed by atoms with Gasteiger partial charge in [-0.2, -0.15) is 4.99 Å². The number of aromatic nitrogens is 3. The van der Waals surface area contributed by atoms with Crippen LogP contribution in [0.2, 0.25) is 0 Å². The van der Waals surface area contributed by atoms with Crippen LogP contribution in [0.3, 0.4) is 0 Å². The molecule has 1 N–H and O–H groups in total. The standard InChI is InChI=1S/C33H31F3N6O3S/c1-19(2)26-13-4-20(3)14-28(26)42-29(43)17-46-32(42)39-31(44)37-16-23-15-27(23)21-5-7-22(8-6-21)30-38-18-41(40-30)24-9-11-25(12-10-24)45-33(34,35)36/h4-14,18-19,23,27H,15-17H2,1-3H3,(H,37,44). The van der Waals surface area contributed by atoms with Crippen LogP contribution in [0.5, 0.6) is 5.75 Å². The number of urea groups is 1. The summed E-state index contributed by atoms with van der Waals surface area (Å²) < 4.78 is 42.7. The third-order valence-electron chi connectivity index (χ3n) is 7.87. The fourth-order valence-corrected chi connectivity index (χ4v) is 6.30. The average molecular weight is 649 g/mol. The molecular weight excluding hydrogens is 617 g/mol. The van der Waals surface area contributed by atoms with E-state index >= 15 is 0 Å². The Morgan fingerprint density at radius 3 is 2.54 bits per heavy atom. The van der Waals surface area contributed by atoms with Gasteiger partial charge in [0.2, 0.25) is 5.91 Å². The van der Waals surface area contributed by atoms with Crippen molar-refractivity contribution in [2.24, 2.45) is 10.9 Å². The lowest BCUT2D eigenvalue weighted by Gasteiger charge is -2.22. The Morgan fingerprint density at radius 1 is 1.11 bits per heavy atom. The van der Waals surface area contributed by atoms with Crippen molar-refractivity contribution in [3.8, 4) is 22.8 Å². The maximum absolute atomic E-state index is 12.8. The molecular formula is C33H31F3N6O3S. The molecule has 3 amide bonds. The van der Waals surface area contributed by atoms with Gasteiger partial charge in [-0.25, -0.2) is 14.5 Å². The van der Waals surface area contributed by atoms with Crippen molar-refractivity contribution in [1.82, 2.24) is 20.1 Å². The summed E-state index contributed by atoms with van der Waals surface area (Å²) in [5.74, 6) is 1.08. The summed E-state index contributed by atoms with van der Waals surface area (Å²) in [5.41, 5.74) is 5.30. The first-order chi connectivity index (χ1) is 21.9. The summed E-state index contributed by atoms with van der Waals surface area (Å²) >= 11 is 1.27. The van der Waals surface area contributed by atoms with Gasteiger partial charge in [0.1, 0.15) is 12.1 Å². The molecule has 4 aromatic rings. The number of thioether (sulfide) groups is 1. The number of halogens is 3. The molecule has 238 valence electrons. The zero-order chi connectivity index (χ0) is 32.6. The molecule has 1 aromatic heterocycles. The van der Waals surface area contributed by atoms with Crippen LogP contribution < -0.4 is 15.0 Å². The number of carbonyl (C=O) groups excluding carboxylic acids is 2. The van der Waals surface area contributed by atoms with E-state index in [0.29, 0.717) is 29.1 Å². The van der Waals surface area contributed by atoms with Gasteiger partial charge < -0.3 is 10.1 Å². The highest BCUT2D eigenvalue weighted by molar-refractivity contribution is 8.15. The van der Waals surface area contributed by atoms with Gasteiger partial charge in [-0.15, -0.1) is 18.3 Å². The number of rotatable bonds is 8. The van der Waals surface area contributed by atoms with E-state index in [9.17, 15) is 22.8 Å². The second-order valence-corrected chi connectivity index (χ2v) is 12.5. The van der Waals surface area contributed by atoms with Crippen molar-refractivity contribution < 1.29 is 27.5 Å². The molecule has 46 heavy (non-hydrogen) atoms. The van der Waals surface area contributed by atoms with Gasteiger partial charge in [0.05, 0.1) is 17.1 Å². The second kappa shape index (κ2) is 12.6. The normalized spacial score (nSPS) is 18.8. The van der Waals surface area contributed by atoms with Crippen LogP contribution in [0.4, 0.5) is 23.7 Å². The molecule has 2 heterocycles. The number of ether oxygens (including phenoxy) is 1. The topological polar surface area (TPSA) is 102 Å². The van der Waals surface area contributed by atoms with Crippen LogP contribution >= 0.6 is 11.8 Å². The number of hydrogen-bond donors (Lipinski definition) is 1. The number of nitrogens with one attached hydrogen (secondary N) is 1. The molecule has 9 nitrogen and oxygen atoms in total. The Kier molecular flexibility index (Phi) is 8.60. The van der Waals surface area contributed by atoms with Crippen LogP contribution in [-0.2, 0) is 4.79 Å². The fraction of sp³-hybridized carbons (Fsp3) is 0.303. The molecule has 1 saturated carbocycles. The van der Waals surface area contributed by atoms with E-state index < -0.39 is 12.4 Å². The summed E-state index contributed by atoms with van der Waals surface area (Å²) in [6.45, 7) is 6.59. The molecule has 2 fully saturated rings. The lowest BCUT2D eigenvalue weighted by atomic mass is 9.99. The van der Waals surface area contributed by atoms with Crippen LogP contribution in [0, 0.1) is 12.8 Å². The molecule has 1 saturated heterocycles. The fourth-order valence-electron chi connectivity index (χ4n) is 5.44. The zero-order valence-corrected chi connectivity index (χ0v) is 26.1. The van der Waals surface area contributed by atoms with Gasteiger partial charge in [-0.1, -0.05) is 62.0 Å². The predicted molar refractivity (Wildman–Crippen MR) is 170 cm³/mol. The first kappa shape index (κ1) is 31.3. The number of alkyl halides is 3. The third kappa shape index (κ3) is 7.09. The van der Waals surface area contributed by atoms with Gasteiger partial charge in [0.15, 0.2) is 11.0 Å². The Bertz CT molecular complexity index is 1790. The summed E-state index contributed by atoms with van der Waals surface area (Å²) in [7, 11) is 0. The number of aryl methyl sites for hydroxylation is 1. The molecule has 2 atom stereocenters. The first-order valence-corrected chi connectivity index (χ1v) is 15.7. The number of amidine groups is 1. The van der Waals surface area contributed by atoms with Crippen molar-refractivity contribution in [1.29, 1.82) is 0 Å². The monoisotopic (exact) mass is 648 g/mol. The molecule has 1 aliphatic carbocycles. The molecule has 0 spiro atoms. The minimum Gasteiger partial charge on any atom is -0.406 e. The Balaban J connectivity index is 1.04. The SMILES string of the molecule is Cc1ccc(C(C)C)c(N2C(=O)CSC2=NC(=O)NCC2CC2c2ccc(-c3ncn(-c4ccc(OC(F)(F)F)cc4)n3)cc2)c1. The first-order valence-electron chi connectivity index (χ1n) is 14.8. The van der Waals surface area contributed by atoms with Gasteiger partial charge in [0.25, 0.3) is 0 Å². The van der Waals surface area contributed by atoms with Crippen LogP contribution in [0.15, 0.2) is 78.0 Å². The molecule has 6 rings (SSSR count). The Labute approximate surface area is 267 Å². The quantitative estimate of drug-likeness (QED) is 0.217. The maximum atomic E-state index is 12.8. The van der Waals surface area contributed by atoms with Crippen molar-refractivity contribution in [3.05, 3.63) is 89.7 Å². The van der Waals surface area contributed by atoms with Crippen molar-refractivity contribution in [2.45, 2.75) is 45.4 Å². The molecule has 3 aromatic carbocycles. The third-order valence-corrected chi connectivity index (χ3v) is 8.80.